The van der Waals surface area contributed by atoms with Crippen molar-refractivity contribution in [2.75, 3.05) is 38.8 Å². The van der Waals surface area contributed by atoms with Gasteiger partial charge in [-0.05, 0) is 25.0 Å². The van der Waals surface area contributed by atoms with E-state index in [1.807, 2.05) is 18.2 Å². The second-order valence-corrected chi connectivity index (χ2v) is 8.95. The molecule has 4 aromatic heterocycles. The highest BCUT2D eigenvalue weighted by Crippen LogP contribution is 2.34. The summed E-state index contributed by atoms with van der Waals surface area (Å²) in [4.78, 5) is 22.6. The van der Waals surface area contributed by atoms with Crippen LogP contribution in [0.4, 0.5) is 5.82 Å². The minimum absolute atomic E-state index is 0.205. The number of nitrogens with zero attached hydrogens (tertiary/aromatic N) is 5. The second kappa shape index (κ2) is 8.91. The van der Waals surface area contributed by atoms with Gasteiger partial charge in [0.05, 0.1) is 49.9 Å². The van der Waals surface area contributed by atoms with Crippen LogP contribution in [0, 0.1) is 0 Å². The van der Waals surface area contributed by atoms with E-state index < -0.39 is 12.1 Å². The lowest BCUT2D eigenvalue weighted by Crippen LogP contribution is -2.42. The summed E-state index contributed by atoms with van der Waals surface area (Å²) in [6, 6.07) is 5.61. The zero-order valence-corrected chi connectivity index (χ0v) is 19.3. The first-order valence-electron chi connectivity index (χ1n) is 11.8. The second-order valence-electron chi connectivity index (χ2n) is 8.95. The quantitative estimate of drug-likeness (QED) is 0.396. The lowest BCUT2D eigenvalue weighted by molar-refractivity contribution is 0.0605. The first-order valence-corrected chi connectivity index (χ1v) is 11.8. The van der Waals surface area contributed by atoms with E-state index in [0.29, 0.717) is 29.3 Å². The average molecular weight is 478 g/mol. The highest BCUT2D eigenvalue weighted by atomic mass is 16.5. The number of pyridine rings is 1. The Hall–Kier alpha value is -3.54. The Kier molecular flexibility index (Phi) is 5.59. The predicted octanol–water partition coefficient (Wildman–Crippen LogP) is 1.63. The molecule has 0 bridgehead atoms. The Morgan fingerprint density at radius 2 is 2.14 bits per heavy atom. The van der Waals surface area contributed by atoms with Crippen molar-refractivity contribution >= 4 is 28.4 Å². The summed E-state index contributed by atoms with van der Waals surface area (Å²) in [5.74, 6) is 0.337. The minimum Gasteiger partial charge on any atom is -0.388 e. The standard InChI is InChI=1S/C24H27N7O4/c1-25-21-8-18(17-10-30(14-4-3-7-34-11-14)22-15(17)5-2-6-26-22)28-23-16(9-27-31(21)23)24(33)29-19-12-35-13-20(19)32/h2,5-6,8-10,14,19-20,25,32H,3-4,7,11-13H2,1H3,(H,29,33)/t14-,19-,20+/m0/s1. The zero-order valence-electron chi connectivity index (χ0n) is 19.3. The van der Waals surface area contributed by atoms with Gasteiger partial charge in [-0.2, -0.15) is 9.61 Å². The molecule has 4 aromatic rings. The van der Waals surface area contributed by atoms with Crippen LogP contribution in [-0.4, -0.2) is 80.8 Å². The third-order valence-corrected chi connectivity index (χ3v) is 6.73. The first kappa shape index (κ1) is 22.0. The molecular weight excluding hydrogens is 450 g/mol. The van der Waals surface area contributed by atoms with Crippen molar-refractivity contribution in [3.05, 3.63) is 42.4 Å². The monoisotopic (exact) mass is 477 g/mol. The molecular formula is C24H27N7O4. The Morgan fingerprint density at radius 1 is 1.23 bits per heavy atom. The van der Waals surface area contributed by atoms with Crippen LogP contribution < -0.4 is 10.6 Å². The summed E-state index contributed by atoms with van der Waals surface area (Å²) in [5.41, 5.74) is 3.25. The van der Waals surface area contributed by atoms with Crippen LogP contribution in [0.5, 0.6) is 0 Å². The average Bonchev–Trinajstić information content (AvgIpc) is 3.61. The Labute approximate surface area is 201 Å². The summed E-state index contributed by atoms with van der Waals surface area (Å²) < 4.78 is 14.8. The summed E-state index contributed by atoms with van der Waals surface area (Å²) in [6.45, 7) is 1.91. The highest BCUT2D eigenvalue weighted by molar-refractivity contribution is 6.01. The molecule has 1 amide bonds. The molecule has 0 aliphatic carbocycles. The van der Waals surface area contributed by atoms with E-state index in [1.165, 1.54) is 6.20 Å². The molecule has 11 heteroatoms. The molecule has 0 radical (unpaired) electrons. The molecule has 11 nitrogen and oxygen atoms in total. The number of anilines is 1. The number of rotatable bonds is 5. The maximum absolute atomic E-state index is 13.1. The van der Waals surface area contributed by atoms with Crippen molar-refractivity contribution in [2.24, 2.45) is 0 Å². The number of nitrogens with one attached hydrogen (secondary N) is 2. The molecule has 0 saturated carbocycles. The van der Waals surface area contributed by atoms with E-state index in [9.17, 15) is 9.90 Å². The number of aromatic nitrogens is 5. The summed E-state index contributed by atoms with van der Waals surface area (Å²) in [5, 5.41) is 21.4. The fraction of sp³-hybridized carbons (Fsp3) is 0.417. The third kappa shape index (κ3) is 3.81. The molecule has 3 N–H and O–H groups in total. The number of aliphatic hydroxyl groups excluding tert-OH is 1. The van der Waals surface area contributed by atoms with E-state index in [4.69, 9.17) is 14.5 Å². The molecule has 35 heavy (non-hydrogen) atoms. The van der Waals surface area contributed by atoms with E-state index >= 15 is 0 Å². The Morgan fingerprint density at radius 3 is 2.91 bits per heavy atom. The normalized spacial score (nSPS) is 22.6. The minimum atomic E-state index is -0.737. The first-order chi connectivity index (χ1) is 17.1. The number of hydrogen-bond acceptors (Lipinski definition) is 8. The summed E-state index contributed by atoms with van der Waals surface area (Å²) in [6.07, 6.45) is 6.67. The van der Waals surface area contributed by atoms with Gasteiger partial charge in [0.15, 0.2) is 5.65 Å². The van der Waals surface area contributed by atoms with Crippen LogP contribution >= 0.6 is 0 Å². The number of ether oxygens (including phenoxy) is 2. The molecule has 2 aliphatic heterocycles. The van der Waals surface area contributed by atoms with Gasteiger partial charge in [-0.1, -0.05) is 0 Å². The van der Waals surface area contributed by atoms with Gasteiger partial charge in [-0.25, -0.2) is 9.97 Å². The van der Waals surface area contributed by atoms with Gasteiger partial charge < -0.3 is 29.8 Å². The van der Waals surface area contributed by atoms with Gasteiger partial charge in [0.2, 0.25) is 0 Å². The van der Waals surface area contributed by atoms with Crippen molar-refractivity contribution in [2.45, 2.75) is 31.0 Å². The van der Waals surface area contributed by atoms with Crippen LogP contribution in [0.3, 0.4) is 0 Å². The van der Waals surface area contributed by atoms with Crippen LogP contribution in [0.15, 0.2) is 36.8 Å². The van der Waals surface area contributed by atoms with Crippen molar-refractivity contribution in [1.82, 2.24) is 29.5 Å². The molecule has 3 atom stereocenters. The zero-order chi connectivity index (χ0) is 23.9. The molecule has 6 heterocycles. The maximum Gasteiger partial charge on any atom is 0.257 e. The number of fused-ring (bicyclic) bond motifs is 2. The van der Waals surface area contributed by atoms with Crippen LogP contribution in [0.1, 0.15) is 29.2 Å². The van der Waals surface area contributed by atoms with Gasteiger partial charge in [0.25, 0.3) is 5.91 Å². The largest absolute Gasteiger partial charge is 0.388 e. The summed E-state index contributed by atoms with van der Waals surface area (Å²) >= 11 is 0. The van der Waals surface area contributed by atoms with Gasteiger partial charge in [0, 0.05) is 43.1 Å². The topological polar surface area (TPSA) is 128 Å². The van der Waals surface area contributed by atoms with Crippen molar-refractivity contribution in [1.29, 1.82) is 0 Å². The number of amides is 1. The Bertz CT molecular complexity index is 1390. The molecule has 182 valence electrons. The number of hydrogen-bond donors (Lipinski definition) is 3. The van der Waals surface area contributed by atoms with Crippen LogP contribution in [-0.2, 0) is 9.47 Å². The maximum atomic E-state index is 13.1. The van der Waals surface area contributed by atoms with E-state index in [1.54, 1.807) is 17.8 Å². The summed E-state index contributed by atoms with van der Waals surface area (Å²) in [7, 11) is 1.80. The molecule has 6 rings (SSSR count). The fourth-order valence-corrected chi connectivity index (χ4v) is 4.87. The number of aliphatic hydroxyl groups is 1. The van der Waals surface area contributed by atoms with Crippen LogP contribution in [0.2, 0.25) is 0 Å². The molecule has 0 spiro atoms. The van der Waals surface area contributed by atoms with Crippen molar-refractivity contribution < 1.29 is 19.4 Å². The van der Waals surface area contributed by atoms with Gasteiger partial charge in [0.1, 0.15) is 17.0 Å². The van der Waals surface area contributed by atoms with Crippen molar-refractivity contribution in [3.63, 3.8) is 0 Å². The lowest BCUT2D eigenvalue weighted by Gasteiger charge is -2.24. The molecule has 0 unspecified atom stereocenters. The number of carbonyl (C=O) groups excluding carboxylic acids is 1. The highest BCUT2D eigenvalue weighted by Gasteiger charge is 2.29. The molecule has 0 aromatic carbocycles. The van der Waals surface area contributed by atoms with Gasteiger partial charge in [-0.15, -0.1) is 0 Å². The van der Waals surface area contributed by atoms with Gasteiger partial charge >= 0.3 is 0 Å². The van der Waals surface area contributed by atoms with Gasteiger partial charge in [-0.3, -0.25) is 4.79 Å². The third-order valence-electron chi connectivity index (χ3n) is 6.73. The number of carbonyl (C=O) groups is 1. The van der Waals surface area contributed by atoms with E-state index in [2.05, 4.69) is 31.5 Å². The van der Waals surface area contributed by atoms with Crippen LogP contribution in [0.25, 0.3) is 27.9 Å². The SMILES string of the molecule is CNc1cc(-c2cn([C@H]3CCCOC3)c3ncccc23)nc2c(C(=O)N[C@H]3COC[C@H]3O)cnn12. The lowest BCUT2D eigenvalue weighted by atomic mass is 10.1. The molecule has 2 aliphatic rings. The fourth-order valence-electron chi connectivity index (χ4n) is 4.87. The molecule has 2 saturated heterocycles. The smallest absolute Gasteiger partial charge is 0.257 e. The van der Waals surface area contributed by atoms with E-state index in [0.717, 1.165) is 36.0 Å². The predicted molar refractivity (Wildman–Crippen MR) is 128 cm³/mol. The van der Waals surface area contributed by atoms with E-state index in [-0.39, 0.29) is 25.2 Å². The molecule has 2 fully saturated rings. The van der Waals surface area contributed by atoms with Crippen molar-refractivity contribution in [3.8, 4) is 11.3 Å². The Balaban J connectivity index is 1.45.